The van der Waals surface area contributed by atoms with Crippen LogP contribution in [0.5, 0.6) is 0 Å². The monoisotopic (exact) mass is 291 g/mol. The Morgan fingerprint density at radius 2 is 2.20 bits per heavy atom. The molecular formula is C15H21N3OS. The Hall–Kier alpha value is -1.33. The van der Waals surface area contributed by atoms with Crippen molar-refractivity contribution in [1.29, 1.82) is 0 Å². The molecule has 0 radical (unpaired) electrons. The molecule has 1 fully saturated rings. The molecule has 1 saturated heterocycles. The minimum absolute atomic E-state index is 0.0739. The second-order valence-electron chi connectivity index (χ2n) is 5.49. The lowest BCUT2D eigenvalue weighted by molar-refractivity contribution is 0.0908. The number of hydrogen-bond donors (Lipinski definition) is 1. The van der Waals surface area contributed by atoms with Crippen LogP contribution in [0.4, 0.5) is 0 Å². The van der Waals surface area contributed by atoms with Crippen molar-refractivity contribution >= 4 is 27.5 Å². The van der Waals surface area contributed by atoms with E-state index in [0.29, 0.717) is 6.04 Å². The van der Waals surface area contributed by atoms with Gasteiger partial charge in [0, 0.05) is 12.6 Å². The van der Waals surface area contributed by atoms with Gasteiger partial charge in [0.1, 0.15) is 5.69 Å². The third kappa shape index (κ3) is 2.47. The van der Waals surface area contributed by atoms with E-state index in [9.17, 15) is 4.79 Å². The van der Waals surface area contributed by atoms with Gasteiger partial charge < -0.3 is 14.8 Å². The molecule has 2 aromatic heterocycles. The molecule has 0 atom stereocenters. The molecule has 1 aliphatic heterocycles. The topological polar surface area (TPSA) is 37.3 Å². The van der Waals surface area contributed by atoms with Crippen molar-refractivity contribution < 1.29 is 4.79 Å². The summed E-state index contributed by atoms with van der Waals surface area (Å²) in [5.74, 6) is 0.0739. The number of thiophene rings is 1. The maximum atomic E-state index is 12.5. The molecule has 2 aromatic rings. The number of carbonyl (C=O) groups is 1. The molecular weight excluding hydrogens is 270 g/mol. The van der Waals surface area contributed by atoms with E-state index in [4.69, 9.17) is 0 Å². The highest BCUT2D eigenvalue weighted by molar-refractivity contribution is 7.17. The molecule has 1 aliphatic rings. The van der Waals surface area contributed by atoms with Crippen LogP contribution in [0.25, 0.3) is 10.2 Å². The van der Waals surface area contributed by atoms with E-state index in [1.165, 1.54) is 10.2 Å². The van der Waals surface area contributed by atoms with Crippen LogP contribution in [-0.2, 0) is 6.54 Å². The summed E-state index contributed by atoms with van der Waals surface area (Å²) < 4.78 is 3.30. The lowest BCUT2D eigenvalue weighted by Gasteiger charge is -2.29. The molecule has 0 spiro atoms. The molecule has 20 heavy (non-hydrogen) atoms. The first-order valence-electron chi connectivity index (χ1n) is 7.25. The van der Waals surface area contributed by atoms with Crippen molar-refractivity contribution in [3.05, 3.63) is 23.2 Å². The van der Waals surface area contributed by atoms with E-state index in [0.717, 1.165) is 38.2 Å². The quantitative estimate of drug-likeness (QED) is 0.943. The standard InChI is InChI=1S/C15H21N3OS/c1-3-18-12-6-9-20-14(12)10-13(18)15(19)16-11-4-7-17(2)8-5-11/h6,9-11H,3-5,7-8H2,1-2H3,(H,16,19). The molecule has 4 nitrogen and oxygen atoms in total. The van der Waals surface area contributed by atoms with Crippen LogP contribution in [0.3, 0.4) is 0 Å². The lowest BCUT2D eigenvalue weighted by atomic mass is 10.1. The van der Waals surface area contributed by atoms with Crippen LogP contribution in [0.15, 0.2) is 17.5 Å². The van der Waals surface area contributed by atoms with E-state index in [2.05, 4.69) is 40.2 Å². The van der Waals surface area contributed by atoms with E-state index < -0.39 is 0 Å². The number of fused-ring (bicyclic) bond motifs is 1. The van der Waals surface area contributed by atoms with Gasteiger partial charge in [-0.15, -0.1) is 11.3 Å². The minimum atomic E-state index is 0.0739. The maximum absolute atomic E-state index is 12.5. The summed E-state index contributed by atoms with van der Waals surface area (Å²) in [5, 5.41) is 5.28. The number of nitrogens with one attached hydrogen (secondary N) is 1. The molecule has 5 heteroatoms. The summed E-state index contributed by atoms with van der Waals surface area (Å²) >= 11 is 1.69. The predicted molar refractivity (Wildman–Crippen MR) is 83.5 cm³/mol. The fourth-order valence-corrected chi connectivity index (χ4v) is 3.74. The number of likely N-dealkylation sites (tertiary alicyclic amines) is 1. The van der Waals surface area contributed by atoms with Gasteiger partial charge >= 0.3 is 0 Å². The van der Waals surface area contributed by atoms with E-state index in [-0.39, 0.29) is 5.91 Å². The van der Waals surface area contributed by atoms with Gasteiger partial charge in [-0.1, -0.05) is 0 Å². The molecule has 0 saturated carbocycles. The van der Waals surface area contributed by atoms with Gasteiger partial charge in [0.05, 0.1) is 10.2 Å². The van der Waals surface area contributed by atoms with Gasteiger partial charge in [0.25, 0.3) is 5.91 Å². The highest BCUT2D eigenvalue weighted by Gasteiger charge is 2.21. The number of piperidine rings is 1. The van der Waals surface area contributed by atoms with Crippen molar-refractivity contribution in [3.8, 4) is 0 Å². The first-order chi connectivity index (χ1) is 9.69. The van der Waals surface area contributed by atoms with Gasteiger partial charge in [-0.05, 0) is 57.4 Å². The molecule has 0 aromatic carbocycles. The van der Waals surface area contributed by atoms with Crippen LogP contribution in [0.1, 0.15) is 30.3 Å². The molecule has 0 aliphatic carbocycles. The lowest BCUT2D eigenvalue weighted by Crippen LogP contribution is -2.43. The molecule has 3 heterocycles. The highest BCUT2D eigenvalue weighted by atomic mass is 32.1. The van der Waals surface area contributed by atoms with Crippen molar-refractivity contribution in [2.45, 2.75) is 32.4 Å². The van der Waals surface area contributed by atoms with Crippen LogP contribution < -0.4 is 5.32 Å². The van der Waals surface area contributed by atoms with Crippen molar-refractivity contribution in [2.75, 3.05) is 20.1 Å². The summed E-state index contributed by atoms with van der Waals surface area (Å²) in [6.07, 6.45) is 2.09. The normalized spacial score (nSPS) is 17.7. The Morgan fingerprint density at radius 1 is 1.45 bits per heavy atom. The number of aryl methyl sites for hydroxylation is 1. The predicted octanol–water partition coefficient (Wildman–Crippen LogP) is 2.55. The number of rotatable bonds is 3. The Labute approximate surface area is 123 Å². The van der Waals surface area contributed by atoms with Gasteiger partial charge in [-0.3, -0.25) is 4.79 Å². The number of carbonyl (C=O) groups excluding carboxylic acids is 1. The van der Waals surface area contributed by atoms with Gasteiger partial charge in [-0.25, -0.2) is 0 Å². The summed E-state index contributed by atoms with van der Waals surface area (Å²) in [5.41, 5.74) is 1.97. The fraction of sp³-hybridized carbons (Fsp3) is 0.533. The first kappa shape index (κ1) is 13.6. The maximum Gasteiger partial charge on any atom is 0.268 e. The van der Waals surface area contributed by atoms with E-state index in [1.807, 2.05) is 6.07 Å². The zero-order chi connectivity index (χ0) is 14.1. The fourth-order valence-electron chi connectivity index (χ4n) is 2.92. The number of hydrogen-bond acceptors (Lipinski definition) is 3. The summed E-state index contributed by atoms with van der Waals surface area (Å²) in [7, 11) is 2.13. The Balaban J connectivity index is 1.76. The SMILES string of the molecule is CCn1c(C(=O)NC2CCN(C)CC2)cc2sccc21. The zero-order valence-electron chi connectivity index (χ0n) is 12.1. The largest absolute Gasteiger partial charge is 0.348 e. The third-order valence-electron chi connectivity index (χ3n) is 4.13. The number of aromatic nitrogens is 1. The van der Waals surface area contributed by atoms with Crippen molar-refractivity contribution in [1.82, 2.24) is 14.8 Å². The average molecular weight is 291 g/mol. The smallest absolute Gasteiger partial charge is 0.268 e. The molecule has 0 bridgehead atoms. The highest BCUT2D eigenvalue weighted by Crippen LogP contribution is 2.25. The average Bonchev–Trinajstić information content (AvgIpc) is 3.01. The van der Waals surface area contributed by atoms with Gasteiger partial charge in [0.2, 0.25) is 0 Å². The second kappa shape index (κ2) is 5.58. The third-order valence-corrected chi connectivity index (χ3v) is 4.98. The van der Waals surface area contributed by atoms with Crippen LogP contribution in [0, 0.1) is 0 Å². The second-order valence-corrected chi connectivity index (χ2v) is 6.44. The molecule has 1 N–H and O–H groups in total. The number of amides is 1. The van der Waals surface area contributed by atoms with Crippen molar-refractivity contribution in [2.24, 2.45) is 0 Å². The molecule has 3 rings (SSSR count). The summed E-state index contributed by atoms with van der Waals surface area (Å²) in [4.78, 5) is 14.8. The Bertz CT molecular complexity index is 608. The van der Waals surface area contributed by atoms with Crippen LogP contribution >= 0.6 is 11.3 Å². The first-order valence-corrected chi connectivity index (χ1v) is 8.13. The van der Waals surface area contributed by atoms with Crippen LogP contribution in [-0.4, -0.2) is 41.6 Å². The van der Waals surface area contributed by atoms with Crippen molar-refractivity contribution in [3.63, 3.8) is 0 Å². The summed E-state index contributed by atoms with van der Waals surface area (Å²) in [6, 6.07) is 4.43. The van der Waals surface area contributed by atoms with Crippen LogP contribution in [0.2, 0.25) is 0 Å². The van der Waals surface area contributed by atoms with Gasteiger partial charge in [0.15, 0.2) is 0 Å². The minimum Gasteiger partial charge on any atom is -0.348 e. The van der Waals surface area contributed by atoms with E-state index in [1.54, 1.807) is 11.3 Å². The molecule has 108 valence electrons. The number of nitrogens with zero attached hydrogens (tertiary/aromatic N) is 2. The Morgan fingerprint density at radius 3 is 2.90 bits per heavy atom. The zero-order valence-corrected chi connectivity index (χ0v) is 12.9. The molecule has 0 unspecified atom stereocenters. The summed E-state index contributed by atoms with van der Waals surface area (Å²) in [6.45, 7) is 5.05. The molecule has 1 amide bonds. The Kier molecular flexibility index (Phi) is 3.81. The van der Waals surface area contributed by atoms with Gasteiger partial charge in [-0.2, -0.15) is 0 Å². The van der Waals surface area contributed by atoms with E-state index >= 15 is 0 Å².